The number of hydrogen-bond donors (Lipinski definition) is 1. The van der Waals surface area contributed by atoms with Gasteiger partial charge >= 0.3 is 0 Å². The van der Waals surface area contributed by atoms with Gasteiger partial charge in [0.1, 0.15) is 0 Å². The van der Waals surface area contributed by atoms with Crippen LogP contribution in [0.3, 0.4) is 0 Å². The van der Waals surface area contributed by atoms with Crippen molar-refractivity contribution in [1.82, 2.24) is 4.98 Å². The zero-order chi connectivity index (χ0) is 8.44. The minimum Gasteiger partial charge on any atom is -0.321 e. The van der Waals surface area contributed by atoms with Crippen molar-refractivity contribution >= 4 is 0 Å². The molecule has 1 fully saturated rings. The molecule has 1 aromatic heterocycles. The van der Waals surface area contributed by atoms with E-state index in [1.165, 1.54) is 18.4 Å². The monoisotopic (exact) mass is 162 g/mol. The zero-order valence-electron chi connectivity index (χ0n) is 7.16. The molecule has 64 valence electrons. The second kappa shape index (κ2) is 2.87. The lowest BCUT2D eigenvalue weighted by Gasteiger charge is -2.23. The van der Waals surface area contributed by atoms with Crippen molar-refractivity contribution in [2.45, 2.75) is 31.2 Å². The lowest BCUT2D eigenvalue weighted by molar-refractivity contribution is 0.461. The van der Waals surface area contributed by atoms with E-state index >= 15 is 0 Å². The van der Waals surface area contributed by atoms with Gasteiger partial charge in [0.15, 0.2) is 0 Å². The first-order valence-electron chi connectivity index (χ1n) is 4.51. The summed E-state index contributed by atoms with van der Waals surface area (Å²) in [4.78, 5) is 3.99. The van der Waals surface area contributed by atoms with Crippen LogP contribution in [-0.2, 0) is 5.54 Å². The molecule has 0 aromatic carbocycles. The van der Waals surface area contributed by atoms with Crippen molar-refractivity contribution < 1.29 is 0 Å². The molecule has 1 heterocycles. The molecular weight excluding hydrogens is 148 g/mol. The molecule has 1 aliphatic rings. The fourth-order valence-corrected chi connectivity index (χ4v) is 1.98. The highest BCUT2D eigenvalue weighted by molar-refractivity contribution is 5.22. The Morgan fingerprint density at radius 3 is 2.33 bits per heavy atom. The highest BCUT2D eigenvalue weighted by Crippen LogP contribution is 2.35. The Labute approximate surface area is 72.8 Å². The lowest BCUT2D eigenvalue weighted by Crippen LogP contribution is -2.32. The van der Waals surface area contributed by atoms with Crippen molar-refractivity contribution in [3.8, 4) is 0 Å². The molecule has 2 rings (SSSR count). The number of pyridine rings is 1. The lowest BCUT2D eigenvalue weighted by atomic mass is 9.90. The van der Waals surface area contributed by atoms with Gasteiger partial charge in [-0.3, -0.25) is 4.98 Å². The molecule has 0 unspecified atom stereocenters. The van der Waals surface area contributed by atoms with Crippen molar-refractivity contribution in [2.24, 2.45) is 5.73 Å². The second-order valence-electron chi connectivity index (χ2n) is 3.60. The summed E-state index contributed by atoms with van der Waals surface area (Å²) >= 11 is 0. The fraction of sp³-hybridized carbons (Fsp3) is 0.500. The predicted octanol–water partition coefficient (Wildman–Crippen LogP) is 1.81. The van der Waals surface area contributed by atoms with Gasteiger partial charge < -0.3 is 5.73 Å². The van der Waals surface area contributed by atoms with E-state index in [2.05, 4.69) is 4.98 Å². The third-order valence-corrected chi connectivity index (χ3v) is 2.75. The van der Waals surface area contributed by atoms with Crippen LogP contribution in [0.2, 0.25) is 0 Å². The van der Waals surface area contributed by atoms with Gasteiger partial charge in [-0.15, -0.1) is 0 Å². The van der Waals surface area contributed by atoms with E-state index in [-0.39, 0.29) is 5.54 Å². The third kappa shape index (κ3) is 1.23. The average Bonchev–Trinajstić information content (AvgIpc) is 2.55. The SMILES string of the molecule is NC1(c2ccncc2)CCCC1. The Bertz CT molecular complexity index is 250. The van der Waals surface area contributed by atoms with Crippen molar-refractivity contribution in [3.05, 3.63) is 30.1 Å². The van der Waals surface area contributed by atoms with E-state index in [4.69, 9.17) is 5.73 Å². The normalized spacial score (nSPS) is 21.1. The molecule has 1 saturated carbocycles. The fourth-order valence-electron chi connectivity index (χ4n) is 1.98. The van der Waals surface area contributed by atoms with Gasteiger partial charge in [0.05, 0.1) is 0 Å². The molecule has 0 aliphatic heterocycles. The maximum Gasteiger partial charge on any atom is 0.0410 e. The van der Waals surface area contributed by atoms with Gasteiger partial charge in [0, 0.05) is 17.9 Å². The maximum absolute atomic E-state index is 6.25. The maximum atomic E-state index is 6.25. The summed E-state index contributed by atoms with van der Waals surface area (Å²) in [5.74, 6) is 0. The van der Waals surface area contributed by atoms with E-state index in [1.807, 2.05) is 24.5 Å². The molecule has 12 heavy (non-hydrogen) atoms. The molecule has 0 saturated heterocycles. The molecule has 2 N–H and O–H groups in total. The Kier molecular flexibility index (Phi) is 1.85. The minimum absolute atomic E-state index is 0.0526. The van der Waals surface area contributed by atoms with Gasteiger partial charge in [-0.05, 0) is 30.5 Å². The molecule has 2 nitrogen and oxygen atoms in total. The Hall–Kier alpha value is -0.890. The Balaban J connectivity index is 2.29. The molecule has 0 bridgehead atoms. The largest absolute Gasteiger partial charge is 0.321 e. The summed E-state index contributed by atoms with van der Waals surface area (Å²) < 4.78 is 0. The summed E-state index contributed by atoms with van der Waals surface area (Å²) in [6.45, 7) is 0. The van der Waals surface area contributed by atoms with Crippen LogP contribution in [0, 0.1) is 0 Å². The van der Waals surface area contributed by atoms with Crippen LogP contribution < -0.4 is 5.73 Å². The first kappa shape index (κ1) is 7.74. The summed E-state index contributed by atoms with van der Waals surface area (Å²) in [7, 11) is 0. The standard InChI is InChI=1S/C10H14N2/c11-10(5-1-2-6-10)9-3-7-12-8-4-9/h3-4,7-8H,1-2,5-6,11H2. The van der Waals surface area contributed by atoms with Gasteiger partial charge in [0.25, 0.3) is 0 Å². The summed E-state index contributed by atoms with van der Waals surface area (Å²) in [6.07, 6.45) is 8.41. The molecule has 0 atom stereocenters. The number of nitrogens with two attached hydrogens (primary N) is 1. The van der Waals surface area contributed by atoms with Crippen molar-refractivity contribution in [2.75, 3.05) is 0 Å². The van der Waals surface area contributed by atoms with Crippen LogP contribution in [0.1, 0.15) is 31.2 Å². The van der Waals surface area contributed by atoms with Crippen LogP contribution in [0.5, 0.6) is 0 Å². The number of hydrogen-bond acceptors (Lipinski definition) is 2. The molecular formula is C10H14N2. The highest BCUT2D eigenvalue weighted by atomic mass is 14.8. The molecule has 0 radical (unpaired) electrons. The molecule has 2 heteroatoms. The quantitative estimate of drug-likeness (QED) is 0.684. The summed E-state index contributed by atoms with van der Waals surface area (Å²) in [6, 6.07) is 4.07. The van der Waals surface area contributed by atoms with Crippen LogP contribution in [-0.4, -0.2) is 4.98 Å². The third-order valence-electron chi connectivity index (χ3n) is 2.75. The summed E-state index contributed by atoms with van der Waals surface area (Å²) in [5, 5.41) is 0. The molecule has 0 spiro atoms. The van der Waals surface area contributed by atoms with Crippen LogP contribution in [0.25, 0.3) is 0 Å². The molecule has 1 aromatic rings. The predicted molar refractivity (Wildman–Crippen MR) is 48.6 cm³/mol. The van der Waals surface area contributed by atoms with Crippen LogP contribution >= 0.6 is 0 Å². The molecule has 0 amide bonds. The summed E-state index contributed by atoms with van der Waals surface area (Å²) in [5.41, 5.74) is 7.45. The van der Waals surface area contributed by atoms with Crippen molar-refractivity contribution in [3.63, 3.8) is 0 Å². The topological polar surface area (TPSA) is 38.9 Å². The van der Waals surface area contributed by atoms with Crippen molar-refractivity contribution in [1.29, 1.82) is 0 Å². The van der Waals surface area contributed by atoms with E-state index in [9.17, 15) is 0 Å². The second-order valence-corrected chi connectivity index (χ2v) is 3.60. The van der Waals surface area contributed by atoms with E-state index in [1.54, 1.807) is 0 Å². The number of rotatable bonds is 1. The van der Waals surface area contributed by atoms with Gasteiger partial charge in [0.2, 0.25) is 0 Å². The first-order chi connectivity index (χ1) is 5.81. The molecule has 1 aliphatic carbocycles. The van der Waals surface area contributed by atoms with Gasteiger partial charge in [-0.2, -0.15) is 0 Å². The number of nitrogens with zero attached hydrogens (tertiary/aromatic N) is 1. The van der Waals surface area contributed by atoms with E-state index in [0.29, 0.717) is 0 Å². The smallest absolute Gasteiger partial charge is 0.0410 e. The van der Waals surface area contributed by atoms with E-state index < -0.39 is 0 Å². The Morgan fingerprint density at radius 2 is 1.75 bits per heavy atom. The van der Waals surface area contributed by atoms with Gasteiger partial charge in [-0.1, -0.05) is 12.8 Å². The van der Waals surface area contributed by atoms with Crippen LogP contribution in [0.4, 0.5) is 0 Å². The Morgan fingerprint density at radius 1 is 1.17 bits per heavy atom. The highest BCUT2D eigenvalue weighted by Gasteiger charge is 2.30. The first-order valence-corrected chi connectivity index (χ1v) is 4.51. The minimum atomic E-state index is -0.0526. The average molecular weight is 162 g/mol. The zero-order valence-corrected chi connectivity index (χ0v) is 7.16. The van der Waals surface area contributed by atoms with Crippen LogP contribution in [0.15, 0.2) is 24.5 Å². The number of aromatic nitrogens is 1. The van der Waals surface area contributed by atoms with Gasteiger partial charge in [-0.25, -0.2) is 0 Å². The van der Waals surface area contributed by atoms with E-state index in [0.717, 1.165) is 12.8 Å².